The summed E-state index contributed by atoms with van der Waals surface area (Å²) in [5.41, 5.74) is 0.763. The topological polar surface area (TPSA) is 29.0 Å². The van der Waals surface area contributed by atoms with E-state index in [1.807, 2.05) is 0 Å². The minimum absolute atomic E-state index is 0.0592. The molecule has 0 aliphatic heterocycles. The van der Waals surface area contributed by atoms with Crippen LogP contribution in [0.2, 0.25) is 5.15 Å². The van der Waals surface area contributed by atoms with E-state index in [0.717, 1.165) is 12.1 Å². The predicted molar refractivity (Wildman–Crippen MR) is 75.2 cm³/mol. The maximum atomic E-state index is 13.4. The van der Waals surface area contributed by atoms with E-state index >= 15 is 0 Å². The summed E-state index contributed by atoms with van der Waals surface area (Å²) in [5.74, 6) is -3.92. The van der Waals surface area contributed by atoms with Crippen molar-refractivity contribution in [3.63, 3.8) is 0 Å². The van der Waals surface area contributed by atoms with Crippen LogP contribution in [-0.4, -0.2) is 16.5 Å². The largest absolute Gasteiger partial charge is 0.320 e. The van der Waals surface area contributed by atoms with Gasteiger partial charge in [-0.1, -0.05) is 23.8 Å². The van der Waals surface area contributed by atoms with Gasteiger partial charge in [0, 0.05) is 36.8 Å². The first-order chi connectivity index (χ1) is 9.90. The smallest absolute Gasteiger partial charge is 0.194 e. The van der Waals surface area contributed by atoms with Gasteiger partial charge >= 0.3 is 0 Å². The number of nitrogens with zero attached hydrogens (tertiary/aromatic N) is 3. The molecular weight excluding hydrogens is 303 g/mol. The summed E-state index contributed by atoms with van der Waals surface area (Å²) in [6.45, 7) is 5.67. The van der Waals surface area contributed by atoms with E-state index in [1.165, 1.54) is 17.3 Å². The van der Waals surface area contributed by atoms with Crippen LogP contribution in [0.3, 0.4) is 0 Å². The number of hydrogen-bond donors (Lipinski definition) is 0. The van der Waals surface area contributed by atoms with Crippen LogP contribution in [0.15, 0.2) is 36.7 Å². The molecule has 2 rings (SSSR count). The lowest BCUT2D eigenvalue weighted by Crippen LogP contribution is -2.21. The molecule has 0 aliphatic rings. The molecule has 1 heterocycles. The summed E-state index contributed by atoms with van der Waals surface area (Å²) in [4.78, 5) is 9.31. The Morgan fingerprint density at radius 1 is 1.19 bits per heavy atom. The first kappa shape index (κ1) is 15.3. The van der Waals surface area contributed by atoms with Gasteiger partial charge in [-0.05, 0) is 6.92 Å². The second-order valence-corrected chi connectivity index (χ2v) is 4.80. The van der Waals surface area contributed by atoms with Crippen LogP contribution < -0.4 is 4.90 Å². The summed E-state index contributed by atoms with van der Waals surface area (Å²) in [7, 11) is 0. The molecule has 0 atom stereocenters. The van der Waals surface area contributed by atoms with Crippen molar-refractivity contribution < 1.29 is 13.2 Å². The standard InChI is InChI=1S/C14H11ClF3N3/c1-8(2)7-21(14-13(15)19-3-4-20-14)9-5-10(16)12(18)11(17)6-9/h3-6H,1,7H2,2H3. The molecule has 0 saturated heterocycles. The number of anilines is 2. The first-order valence-corrected chi connectivity index (χ1v) is 6.31. The molecule has 0 spiro atoms. The van der Waals surface area contributed by atoms with Crippen molar-refractivity contribution in [2.24, 2.45) is 0 Å². The number of aromatic nitrogens is 2. The van der Waals surface area contributed by atoms with Crippen molar-refractivity contribution in [3.05, 3.63) is 59.3 Å². The van der Waals surface area contributed by atoms with Crippen molar-refractivity contribution in [1.82, 2.24) is 9.97 Å². The Morgan fingerprint density at radius 2 is 1.76 bits per heavy atom. The van der Waals surface area contributed by atoms with Gasteiger partial charge in [0.05, 0.1) is 0 Å². The second kappa shape index (κ2) is 6.13. The third-order valence-corrected chi connectivity index (χ3v) is 2.87. The van der Waals surface area contributed by atoms with Gasteiger partial charge in [-0.15, -0.1) is 0 Å². The van der Waals surface area contributed by atoms with E-state index in [-0.39, 0.29) is 23.2 Å². The highest BCUT2D eigenvalue weighted by atomic mass is 35.5. The number of benzene rings is 1. The summed E-state index contributed by atoms with van der Waals surface area (Å²) < 4.78 is 39.9. The molecule has 0 N–H and O–H groups in total. The lowest BCUT2D eigenvalue weighted by molar-refractivity contribution is 0.447. The molecule has 1 aromatic heterocycles. The second-order valence-electron chi connectivity index (χ2n) is 4.44. The highest BCUT2D eigenvalue weighted by Gasteiger charge is 2.19. The summed E-state index contributed by atoms with van der Waals surface area (Å²) in [6.07, 6.45) is 2.78. The molecule has 0 unspecified atom stereocenters. The van der Waals surface area contributed by atoms with Gasteiger partial charge in [0.15, 0.2) is 28.4 Å². The van der Waals surface area contributed by atoms with Crippen LogP contribution in [0.5, 0.6) is 0 Å². The van der Waals surface area contributed by atoms with Crippen LogP contribution in [0.25, 0.3) is 0 Å². The molecule has 0 fully saturated rings. The number of hydrogen-bond acceptors (Lipinski definition) is 3. The molecule has 0 amide bonds. The van der Waals surface area contributed by atoms with Crippen molar-refractivity contribution in [2.45, 2.75) is 6.92 Å². The van der Waals surface area contributed by atoms with Crippen molar-refractivity contribution in [3.8, 4) is 0 Å². The predicted octanol–water partition coefficient (Wildman–Crippen LogP) is 4.26. The molecule has 0 saturated carbocycles. The van der Waals surface area contributed by atoms with E-state index in [9.17, 15) is 13.2 Å². The number of rotatable bonds is 4. The summed E-state index contributed by atoms with van der Waals surface area (Å²) >= 11 is 5.96. The summed E-state index contributed by atoms with van der Waals surface area (Å²) in [5, 5.41) is 0.0592. The molecule has 7 heteroatoms. The highest BCUT2D eigenvalue weighted by Crippen LogP contribution is 2.30. The molecule has 0 radical (unpaired) electrons. The lowest BCUT2D eigenvalue weighted by Gasteiger charge is -2.24. The van der Waals surface area contributed by atoms with E-state index in [1.54, 1.807) is 6.92 Å². The Balaban J connectivity index is 2.56. The van der Waals surface area contributed by atoms with Gasteiger partial charge in [0.25, 0.3) is 0 Å². The van der Waals surface area contributed by atoms with Crippen LogP contribution in [0.1, 0.15) is 6.92 Å². The molecule has 0 aliphatic carbocycles. The van der Waals surface area contributed by atoms with Crippen LogP contribution >= 0.6 is 11.6 Å². The molecule has 1 aromatic carbocycles. The van der Waals surface area contributed by atoms with E-state index in [0.29, 0.717) is 5.57 Å². The fraction of sp³-hybridized carbons (Fsp3) is 0.143. The first-order valence-electron chi connectivity index (χ1n) is 5.93. The van der Waals surface area contributed by atoms with Gasteiger partial charge in [-0.2, -0.15) is 0 Å². The maximum absolute atomic E-state index is 13.4. The van der Waals surface area contributed by atoms with E-state index in [4.69, 9.17) is 11.6 Å². The Bertz CT molecular complexity index is 668. The highest BCUT2D eigenvalue weighted by molar-refractivity contribution is 6.31. The van der Waals surface area contributed by atoms with E-state index < -0.39 is 17.5 Å². The van der Waals surface area contributed by atoms with E-state index in [2.05, 4.69) is 16.5 Å². The van der Waals surface area contributed by atoms with Crippen molar-refractivity contribution in [1.29, 1.82) is 0 Å². The van der Waals surface area contributed by atoms with Gasteiger partial charge in [0.1, 0.15) is 0 Å². The van der Waals surface area contributed by atoms with Crippen molar-refractivity contribution in [2.75, 3.05) is 11.4 Å². The Morgan fingerprint density at radius 3 is 2.29 bits per heavy atom. The zero-order chi connectivity index (χ0) is 15.6. The average Bonchev–Trinajstić information content (AvgIpc) is 2.42. The monoisotopic (exact) mass is 313 g/mol. The fourth-order valence-corrected chi connectivity index (χ4v) is 1.96. The third-order valence-electron chi connectivity index (χ3n) is 2.60. The maximum Gasteiger partial charge on any atom is 0.194 e. The Hall–Kier alpha value is -2.08. The van der Waals surface area contributed by atoms with Crippen molar-refractivity contribution >= 4 is 23.1 Å². The zero-order valence-corrected chi connectivity index (χ0v) is 11.8. The molecular formula is C14H11ClF3N3. The van der Waals surface area contributed by atoms with Crippen LogP contribution in [0, 0.1) is 17.5 Å². The number of halogens is 4. The molecule has 110 valence electrons. The lowest BCUT2D eigenvalue weighted by atomic mass is 10.2. The molecule has 3 nitrogen and oxygen atoms in total. The van der Waals surface area contributed by atoms with Gasteiger partial charge in [-0.25, -0.2) is 23.1 Å². The third kappa shape index (κ3) is 3.33. The molecule has 21 heavy (non-hydrogen) atoms. The van der Waals surface area contributed by atoms with Gasteiger partial charge in [0.2, 0.25) is 0 Å². The quantitative estimate of drug-likeness (QED) is 0.624. The SMILES string of the molecule is C=C(C)CN(c1cc(F)c(F)c(F)c1)c1nccnc1Cl. The molecule has 0 bridgehead atoms. The van der Waals surface area contributed by atoms with Crippen LogP contribution in [-0.2, 0) is 0 Å². The van der Waals surface area contributed by atoms with Gasteiger partial charge < -0.3 is 4.90 Å². The fourth-order valence-electron chi connectivity index (χ4n) is 1.75. The Labute approximate surface area is 124 Å². The average molecular weight is 314 g/mol. The zero-order valence-electron chi connectivity index (χ0n) is 11.1. The molecule has 2 aromatic rings. The normalized spacial score (nSPS) is 10.5. The summed E-state index contributed by atoms with van der Waals surface area (Å²) in [6, 6.07) is 1.73. The minimum atomic E-state index is -1.53. The van der Waals surface area contributed by atoms with Gasteiger partial charge in [-0.3, -0.25) is 0 Å². The minimum Gasteiger partial charge on any atom is -0.320 e. The Kier molecular flexibility index (Phi) is 4.47. The van der Waals surface area contributed by atoms with Crippen LogP contribution in [0.4, 0.5) is 24.7 Å².